The van der Waals surface area contributed by atoms with Gasteiger partial charge >= 0.3 is 0 Å². The van der Waals surface area contributed by atoms with Gasteiger partial charge in [-0.15, -0.1) is 17.9 Å². The van der Waals surface area contributed by atoms with Gasteiger partial charge in [0.2, 0.25) is 0 Å². The van der Waals surface area contributed by atoms with E-state index in [2.05, 4.69) is 67.5 Å². The minimum Gasteiger partial charge on any atom is -0.311 e. The van der Waals surface area contributed by atoms with Crippen molar-refractivity contribution in [1.82, 2.24) is 20.0 Å². The van der Waals surface area contributed by atoms with Crippen molar-refractivity contribution in [3.05, 3.63) is 52.0 Å². The Labute approximate surface area is 137 Å². The smallest absolute Gasteiger partial charge is 0.0638 e. The second-order valence-electron chi connectivity index (χ2n) is 5.83. The van der Waals surface area contributed by atoms with Gasteiger partial charge in [-0.1, -0.05) is 6.08 Å². The van der Waals surface area contributed by atoms with E-state index in [1.165, 1.54) is 16.0 Å². The van der Waals surface area contributed by atoms with Crippen LogP contribution in [-0.4, -0.2) is 35.3 Å². The molecule has 1 atom stereocenters. The molecule has 0 amide bonds. The predicted molar refractivity (Wildman–Crippen MR) is 94.4 cm³/mol. The average Bonchev–Trinajstić information content (AvgIpc) is 3.02. The number of hydrogen-bond acceptors (Lipinski definition) is 4. The lowest BCUT2D eigenvalue weighted by Gasteiger charge is -2.24. The fourth-order valence-corrected chi connectivity index (χ4v) is 3.66. The molecule has 0 aliphatic heterocycles. The molecule has 0 aromatic carbocycles. The van der Waals surface area contributed by atoms with Crippen LogP contribution in [0.5, 0.6) is 0 Å². The molecule has 0 unspecified atom stereocenters. The molecule has 2 aromatic heterocycles. The Morgan fingerprint density at radius 3 is 2.82 bits per heavy atom. The Morgan fingerprint density at radius 1 is 1.45 bits per heavy atom. The zero-order valence-corrected chi connectivity index (χ0v) is 14.8. The maximum atomic E-state index is 4.49. The van der Waals surface area contributed by atoms with E-state index < -0.39 is 0 Å². The number of allylic oxidation sites excluding steroid dienone is 1. The molecule has 0 radical (unpaired) electrons. The van der Waals surface area contributed by atoms with Crippen molar-refractivity contribution in [2.75, 3.05) is 20.6 Å². The van der Waals surface area contributed by atoms with Crippen LogP contribution in [-0.2, 0) is 13.1 Å². The average molecular weight is 318 g/mol. The summed E-state index contributed by atoms with van der Waals surface area (Å²) in [5.41, 5.74) is 3.71. The van der Waals surface area contributed by atoms with Gasteiger partial charge in [-0.05, 0) is 45.0 Å². The van der Waals surface area contributed by atoms with Gasteiger partial charge in [0, 0.05) is 29.7 Å². The number of thiophene rings is 1. The Kier molecular flexibility index (Phi) is 5.94. The SMILES string of the molecule is C=CCn1cc(CNC[C@H](c2sccc2C)N(C)C)c(C)n1. The van der Waals surface area contributed by atoms with Crippen LogP contribution in [0.1, 0.15) is 27.7 Å². The van der Waals surface area contributed by atoms with Crippen molar-refractivity contribution in [1.29, 1.82) is 0 Å². The summed E-state index contributed by atoms with van der Waals surface area (Å²) in [6, 6.07) is 2.60. The molecule has 0 aliphatic carbocycles. The Bertz CT molecular complexity index is 612. The third-order valence-corrected chi connectivity index (χ3v) is 4.97. The highest BCUT2D eigenvalue weighted by Gasteiger charge is 2.17. The lowest BCUT2D eigenvalue weighted by Crippen LogP contribution is -2.30. The van der Waals surface area contributed by atoms with Crippen LogP contribution in [0.2, 0.25) is 0 Å². The van der Waals surface area contributed by atoms with Crippen LogP contribution < -0.4 is 5.32 Å². The third-order valence-electron chi connectivity index (χ3n) is 3.85. The Morgan fingerprint density at radius 2 is 2.23 bits per heavy atom. The van der Waals surface area contributed by atoms with E-state index in [1.807, 2.05) is 22.1 Å². The number of rotatable bonds is 8. The van der Waals surface area contributed by atoms with Crippen LogP contribution in [0.3, 0.4) is 0 Å². The molecule has 5 heteroatoms. The number of aromatic nitrogens is 2. The summed E-state index contributed by atoms with van der Waals surface area (Å²) >= 11 is 1.84. The van der Waals surface area contributed by atoms with E-state index in [9.17, 15) is 0 Å². The highest BCUT2D eigenvalue weighted by Crippen LogP contribution is 2.26. The van der Waals surface area contributed by atoms with Crippen LogP contribution >= 0.6 is 11.3 Å². The van der Waals surface area contributed by atoms with Gasteiger partial charge in [0.05, 0.1) is 18.3 Å². The largest absolute Gasteiger partial charge is 0.311 e. The van der Waals surface area contributed by atoms with Gasteiger partial charge in [-0.3, -0.25) is 4.68 Å². The first kappa shape index (κ1) is 16.9. The molecule has 0 fully saturated rings. The molecule has 2 aromatic rings. The zero-order chi connectivity index (χ0) is 16.1. The molecular weight excluding hydrogens is 292 g/mol. The summed E-state index contributed by atoms with van der Waals surface area (Å²) in [5, 5.41) is 10.2. The molecule has 0 aliphatic rings. The van der Waals surface area contributed by atoms with Gasteiger partial charge < -0.3 is 10.2 Å². The molecule has 4 nitrogen and oxygen atoms in total. The number of aryl methyl sites for hydroxylation is 2. The minimum absolute atomic E-state index is 0.406. The molecule has 0 saturated heterocycles. The van der Waals surface area contributed by atoms with E-state index in [4.69, 9.17) is 0 Å². The topological polar surface area (TPSA) is 33.1 Å². The van der Waals surface area contributed by atoms with Gasteiger partial charge in [0.25, 0.3) is 0 Å². The van der Waals surface area contributed by atoms with Crippen LogP contribution in [0.15, 0.2) is 30.3 Å². The van der Waals surface area contributed by atoms with Crippen LogP contribution in [0.4, 0.5) is 0 Å². The minimum atomic E-state index is 0.406. The monoisotopic (exact) mass is 318 g/mol. The fourth-order valence-electron chi connectivity index (χ4n) is 2.54. The van der Waals surface area contributed by atoms with Crippen molar-refractivity contribution in [3.63, 3.8) is 0 Å². The first-order valence-corrected chi connectivity index (χ1v) is 8.45. The lowest BCUT2D eigenvalue weighted by molar-refractivity contribution is 0.291. The van der Waals surface area contributed by atoms with E-state index in [0.717, 1.165) is 25.3 Å². The van der Waals surface area contributed by atoms with Gasteiger partial charge in [-0.25, -0.2) is 0 Å². The third kappa shape index (κ3) is 4.06. The first-order chi connectivity index (χ1) is 10.5. The maximum Gasteiger partial charge on any atom is 0.0638 e. The standard InChI is InChI=1S/C17H26N4S/c1-6-8-21-12-15(14(3)19-21)10-18-11-16(20(4)5)17-13(2)7-9-22-17/h6-7,9,12,16,18H,1,8,10-11H2,2-5H3/t16-/m1/s1. The summed E-state index contributed by atoms with van der Waals surface area (Å²) in [6.45, 7) is 10.5. The zero-order valence-electron chi connectivity index (χ0n) is 14.0. The van der Waals surface area contributed by atoms with Crippen LogP contribution in [0.25, 0.3) is 0 Å². The molecule has 0 saturated carbocycles. The maximum absolute atomic E-state index is 4.49. The van der Waals surface area contributed by atoms with Crippen molar-refractivity contribution in [2.24, 2.45) is 0 Å². The number of hydrogen-bond donors (Lipinski definition) is 1. The first-order valence-electron chi connectivity index (χ1n) is 7.58. The van der Waals surface area contributed by atoms with Gasteiger partial charge in [0.15, 0.2) is 0 Å². The summed E-state index contributed by atoms with van der Waals surface area (Å²) < 4.78 is 1.94. The van der Waals surface area contributed by atoms with E-state index >= 15 is 0 Å². The van der Waals surface area contributed by atoms with Crippen molar-refractivity contribution in [2.45, 2.75) is 33.0 Å². The van der Waals surface area contributed by atoms with Crippen molar-refractivity contribution < 1.29 is 0 Å². The van der Waals surface area contributed by atoms with Gasteiger partial charge in [-0.2, -0.15) is 5.10 Å². The highest BCUT2D eigenvalue weighted by atomic mass is 32.1. The van der Waals surface area contributed by atoms with Crippen molar-refractivity contribution in [3.8, 4) is 0 Å². The van der Waals surface area contributed by atoms with E-state index in [-0.39, 0.29) is 0 Å². The summed E-state index contributed by atoms with van der Waals surface area (Å²) in [5.74, 6) is 0. The molecule has 0 bridgehead atoms. The predicted octanol–water partition coefficient (Wildman–Crippen LogP) is 3.14. The number of nitrogens with zero attached hydrogens (tertiary/aromatic N) is 3. The fraction of sp³-hybridized carbons (Fsp3) is 0.471. The second-order valence-corrected chi connectivity index (χ2v) is 6.78. The Balaban J connectivity index is 1.96. The molecule has 0 spiro atoms. The molecule has 2 heterocycles. The summed E-state index contributed by atoms with van der Waals surface area (Å²) in [7, 11) is 4.28. The molecular formula is C17H26N4S. The lowest BCUT2D eigenvalue weighted by atomic mass is 10.1. The molecule has 2 rings (SSSR count). The highest BCUT2D eigenvalue weighted by molar-refractivity contribution is 7.10. The van der Waals surface area contributed by atoms with Gasteiger partial charge in [0.1, 0.15) is 0 Å². The summed E-state index contributed by atoms with van der Waals surface area (Å²) in [6.07, 6.45) is 3.97. The molecule has 22 heavy (non-hydrogen) atoms. The molecule has 120 valence electrons. The normalized spacial score (nSPS) is 12.8. The van der Waals surface area contributed by atoms with Crippen LogP contribution in [0, 0.1) is 13.8 Å². The number of likely N-dealkylation sites (N-methyl/N-ethyl adjacent to an activating group) is 1. The summed E-state index contributed by atoms with van der Waals surface area (Å²) in [4.78, 5) is 3.72. The number of nitrogens with one attached hydrogen (secondary N) is 1. The van der Waals surface area contributed by atoms with E-state index in [0.29, 0.717) is 6.04 Å². The Hall–Kier alpha value is -1.43. The van der Waals surface area contributed by atoms with E-state index in [1.54, 1.807) is 0 Å². The molecule has 1 N–H and O–H groups in total. The second kappa shape index (κ2) is 7.72. The quantitative estimate of drug-likeness (QED) is 0.759. The van der Waals surface area contributed by atoms with Crippen molar-refractivity contribution >= 4 is 11.3 Å².